The van der Waals surface area contributed by atoms with E-state index in [1.54, 1.807) is 6.92 Å². The van der Waals surface area contributed by atoms with Gasteiger partial charge in [0.05, 0.1) is 6.04 Å². The average Bonchev–Trinajstić information content (AvgIpc) is 2.37. The van der Waals surface area contributed by atoms with Crippen molar-refractivity contribution in [1.29, 1.82) is 0 Å². The molecule has 2 unspecified atom stereocenters. The van der Waals surface area contributed by atoms with Gasteiger partial charge < -0.3 is 0 Å². The Morgan fingerprint density at radius 1 is 1.36 bits per heavy atom. The molecule has 1 aliphatic heterocycles. The van der Waals surface area contributed by atoms with Crippen LogP contribution in [0.5, 0.6) is 0 Å². The Labute approximate surface area is 86.7 Å². The van der Waals surface area contributed by atoms with Crippen molar-refractivity contribution >= 4 is 5.78 Å². The molecule has 14 heavy (non-hydrogen) atoms. The lowest BCUT2D eigenvalue weighted by atomic mass is 9.87. The van der Waals surface area contributed by atoms with Crippen LogP contribution in [0, 0.1) is 17.3 Å². The summed E-state index contributed by atoms with van der Waals surface area (Å²) in [5.74, 6) is 1.76. The van der Waals surface area contributed by atoms with E-state index in [9.17, 15) is 4.79 Å². The van der Waals surface area contributed by atoms with Crippen molar-refractivity contribution < 1.29 is 4.79 Å². The first-order valence-electron chi connectivity index (χ1n) is 5.61. The Balaban J connectivity index is 2.18. The predicted octanol–water partition coefficient (Wildman–Crippen LogP) is 1.94. The molecule has 0 bridgehead atoms. The van der Waals surface area contributed by atoms with E-state index in [0.29, 0.717) is 17.1 Å². The maximum Gasteiger partial charge on any atom is 0.147 e. The van der Waals surface area contributed by atoms with Gasteiger partial charge >= 0.3 is 0 Å². The molecule has 1 saturated heterocycles. The van der Waals surface area contributed by atoms with Crippen LogP contribution in [0.25, 0.3) is 0 Å². The van der Waals surface area contributed by atoms with Crippen LogP contribution in [0.3, 0.4) is 0 Å². The average molecular weight is 195 g/mol. The third-order valence-corrected chi connectivity index (χ3v) is 4.03. The zero-order valence-corrected chi connectivity index (χ0v) is 9.71. The van der Waals surface area contributed by atoms with Crippen LogP contribution >= 0.6 is 0 Å². The number of hydrogen-bond donors (Lipinski definition) is 0. The number of rotatable bonds is 1. The van der Waals surface area contributed by atoms with Crippen molar-refractivity contribution in [2.24, 2.45) is 17.3 Å². The maximum atomic E-state index is 11.6. The van der Waals surface area contributed by atoms with Crippen molar-refractivity contribution in [3.05, 3.63) is 0 Å². The SMILES string of the molecule is CC(=O)[C@@H]1C2CC(C)(C)CC2CN1C. The highest BCUT2D eigenvalue weighted by Gasteiger charge is 2.50. The van der Waals surface area contributed by atoms with Gasteiger partial charge in [-0.15, -0.1) is 0 Å². The Bertz CT molecular complexity index is 259. The van der Waals surface area contributed by atoms with Crippen LogP contribution in [0.4, 0.5) is 0 Å². The van der Waals surface area contributed by atoms with E-state index in [1.807, 2.05) is 0 Å². The van der Waals surface area contributed by atoms with Crippen molar-refractivity contribution in [2.45, 2.75) is 39.7 Å². The third kappa shape index (κ3) is 1.50. The second-order valence-electron chi connectivity index (χ2n) is 5.99. The van der Waals surface area contributed by atoms with Gasteiger partial charge in [-0.3, -0.25) is 9.69 Å². The molecule has 0 aromatic heterocycles. The van der Waals surface area contributed by atoms with E-state index in [0.717, 1.165) is 12.5 Å². The molecule has 3 atom stereocenters. The summed E-state index contributed by atoms with van der Waals surface area (Å²) in [7, 11) is 2.09. The number of hydrogen-bond acceptors (Lipinski definition) is 2. The van der Waals surface area contributed by atoms with E-state index in [4.69, 9.17) is 0 Å². The van der Waals surface area contributed by atoms with E-state index >= 15 is 0 Å². The fraction of sp³-hybridized carbons (Fsp3) is 0.917. The highest BCUT2D eigenvalue weighted by molar-refractivity contribution is 5.82. The molecule has 1 heterocycles. The third-order valence-electron chi connectivity index (χ3n) is 4.03. The molecule has 0 aromatic rings. The fourth-order valence-corrected chi connectivity index (χ4v) is 3.74. The van der Waals surface area contributed by atoms with Gasteiger partial charge in [0, 0.05) is 6.54 Å². The number of ketones is 1. The van der Waals surface area contributed by atoms with Gasteiger partial charge in [0.25, 0.3) is 0 Å². The van der Waals surface area contributed by atoms with E-state index in [1.165, 1.54) is 12.8 Å². The Hall–Kier alpha value is -0.370. The zero-order valence-electron chi connectivity index (χ0n) is 9.71. The second-order valence-corrected chi connectivity index (χ2v) is 5.99. The molecule has 2 rings (SSSR count). The minimum Gasteiger partial charge on any atom is -0.298 e. The van der Waals surface area contributed by atoms with Crippen LogP contribution in [0.1, 0.15) is 33.6 Å². The summed E-state index contributed by atoms with van der Waals surface area (Å²) >= 11 is 0. The summed E-state index contributed by atoms with van der Waals surface area (Å²) in [4.78, 5) is 13.8. The molecule has 1 aliphatic carbocycles. The summed E-state index contributed by atoms with van der Waals surface area (Å²) in [6.07, 6.45) is 2.53. The van der Waals surface area contributed by atoms with Gasteiger partial charge in [-0.25, -0.2) is 0 Å². The van der Waals surface area contributed by atoms with Gasteiger partial charge in [0.1, 0.15) is 5.78 Å². The first-order valence-corrected chi connectivity index (χ1v) is 5.61. The minimum atomic E-state index is 0.210. The Morgan fingerprint density at radius 3 is 2.57 bits per heavy atom. The lowest BCUT2D eigenvalue weighted by Gasteiger charge is -2.25. The van der Waals surface area contributed by atoms with Gasteiger partial charge in [-0.2, -0.15) is 0 Å². The molecule has 2 fully saturated rings. The molecule has 80 valence electrons. The van der Waals surface area contributed by atoms with Crippen LogP contribution in [0.2, 0.25) is 0 Å². The largest absolute Gasteiger partial charge is 0.298 e. The summed E-state index contributed by atoms with van der Waals surface area (Å²) in [5.41, 5.74) is 0.463. The molecule has 2 aliphatic rings. The highest BCUT2D eigenvalue weighted by atomic mass is 16.1. The summed E-state index contributed by atoms with van der Waals surface area (Å²) in [6, 6.07) is 0.210. The maximum absolute atomic E-state index is 11.6. The first-order chi connectivity index (χ1) is 6.41. The fourth-order valence-electron chi connectivity index (χ4n) is 3.74. The van der Waals surface area contributed by atoms with Gasteiger partial charge in [-0.1, -0.05) is 13.8 Å². The molecule has 0 amide bonds. The molecular formula is C12H21NO. The standard InChI is InChI=1S/C12H21NO/c1-8(14)11-10-6-12(2,3)5-9(10)7-13(11)4/h9-11H,5-7H2,1-4H3/t9?,10?,11-/m1/s1. The normalized spacial score (nSPS) is 41.3. The first kappa shape index (κ1) is 10.2. The van der Waals surface area contributed by atoms with Crippen LogP contribution in [-0.2, 0) is 4.79 Å². The number of carbonyl (C=O) groups excluding carboxylic acids is 1. The molecule has 2 nitrogen and oxygen atoms in total. The van der Waals surface area contributed by atoms with Crippen molar-refractivity contribution in [2.75, 3.05) is 13.6 Å². The van der Waals surface area contributed by atoms with E-state index < -0.39 is 0 Å². The number of Topliss-reactive ketones (excluding diaryl/α,β-unsaturated/α-hetero) is 1. The van der Waals surface area contributed by atoms with Gasteiger partial charge in [0.2, 0.25) is 0 Å². The molecule has 0 spiro atoms. The van der Waals surface area contributed by atoms with Crippen molar-refractivity contribution in [3.63, 3.8) is 0 Å². The van der Waals surface area contributed by atoms with E-state index in [-0.39, 0.29) is 6.04 Å². The van der Waals surface area contributed by atoms with Crippen LogP contribution < -0.4 is 0 Å². The quantitative estimate of drug-likeness (QED) is 0.637. The topological polar surface area (TPSA) is 20.3 Å². The lowest BCUT2D eigenvalue weighted by Crippen LogP contribution is -2.36. The summed E-state index contributed by atoms with van der Waals surface area (Å²) in [5, 5.41) is 0. The predicted molar refractivity (Wildman–Crippen MR) is 57.1 cm³/mol. The number of fused-ring (bicyclic) bond motifs is 1. The van der Waals surface area contributed by atoms with Crippen molar-refractivity contribution in [3.8, 4) is 0 Å². The lowest BCUT2D eigenvalue weighted by molar-refractivity contribution is -0.122. The van der Waals surface area contributed by atoms with Gasteiger partial charge in [-0.05, 0) is 44.1 Å². The van der Waals surface area contributed by atoms with Crippen LogP contribution in [-0.4, -0.2) is 30.3 Å². The Morgan fingerprint density at radius 2 is 2.00 bits per heavy atom. The number of likely N-dealkylation sites (N-methyl/N-ethyl adjacent to an activating group) is 1. The van der Waals surface area contributed by atoms with Gasteiger partial charge in [0.15, 0.2) is 0 Å². The number of nitrogens with zero attached hydrogens (tertiary/aromatic N) is 1. The number of carbonyl (C=O) groups is 1. The molecule has 0 N–H and O–H groups in total. The minimum absolute atomic E-state index is 0.210. The van der Waals surface area contributed by atoms with Crippen LogP contribution in [0.15, 0.2) is 0 Å². The molecule has 0 radical (unpaired) electrons. The smallest absolute Gasteiger partial charge is 0.147 e. The van der Waals surface area contributed by atoms with Crippen molar-refractivity contribution in [1.82, 2.24) is 4.90 Å². The summed E-state index contributed by atoms with van der Waals surface area (Å²) in [6.45, 7) is 7.54. The molecule has 1 saturated carbocycles. The summed E-state index contributed by atoms with van der Waals surface area (Å²) < 4.78 is 0. The zero-order chi connectivity index (χ0) is 10.5. The second kappa shape index (κ2) is 3.06. The number of likely N-dealkylation sites (tertiary alicyclic amines) is 1. The Kier molecular flexibility index (Phi) is 2.22. The molecular weight excluding hydrogens is 174 g/mol. The molecule has 2 heteroatoms. The molecule has 0 aromatic carbocycles. The highest BCUT2D eigenvalue weighted by Crippen LogP contribution is 2.50. The van der Waals surface area contributed by atoms with E-state index in [2.05, 4.69) is 25.8 Å². The monoisotopic (exact) mass is 195 g/mol.